The van der Waals surface area contributed by atoms with Gasteiger partial charge in [-0.2, -0.15) is 0 Å². The highest BCUT2D eigenvalue weighted by atomic mass is 16.5. The summed E-state index contributed by atoms with van der Waals surface area (Å²) in [4.78, 5) is 14.4. The SMILES string of the molecule is CC(C)CC(=O)NC[C@]12COC[C@H]1CN(Cc1ccoc1)C2. The first-order chi connectivity index (χ1) is 10.6. The lowest BCUT2D eigenvalue weighted by atomic mass is 9.81. The van der Waals surface area contributed by atoms with Crippen LogP contribution >= 0.6 is 0 Å². The summed E-state index contributed by atoms with van der Waals surface area (Å²) in [6.07, 6.45) is 4.12. The molecule has 0 bridgehead atoms. The van der Waals surface area contributed by atoms with Gasteiger partial charge in [0.25, 0.3) is 0 Å². The van der Waals surface area contributed by atoms with Crippen molar-refractivity contribution in [1.82, 2.24) is 10.2 Å². The molecule has 22 heavy (non-hydrogen) atoms. The summed E-state index contributed by atoms with van der Waals surface area (Å²) in [6.45, 7) is 9.35. The minimum atomic E-state index is 0.0797. The maximum absolute atomic E-state index is 12.0. The van der Waals surface area contributed by atoms with Crippen LogP contribution in [0, 0.1) is 17.3 Å². The van der Waals surface area contributed by atoms with Crippen molar-refractivity contribution in [2.75, 3.05) is 32.8 Å². The molecular weight excluding hydrogens is 280 g/mol. The number of amides is 1. The Balaban J connectivity index is 1.57. The molecule has 0 radical (unpaired) electrons. The van der Waals surface area contributed by atoms with Crippen molar-refractivity contribution in [1.29, 1.82) is 0 Å². The van der Waals surface area contributed by atoms with E-state index in [0.29, 0.717) is 18.3 Å². The normalized spacial score (nSPS) is 28.2. The number of carbonyl (C=O) groups is 1. The van der Waals surface area contributed by atoms with Crippen molar-refractivity contribution in [3.05, 3.63) is 24.2 Å². The third-order valence-electron chi connectivity index (χ3n) is 4.81. The summed E-state index contributed by atoms with van der Waals surface area (Å²) in [5, 5.41) is 3.13. The first-order valence-electron chi connectivity index (χ1n) is 8.15. The fourth-order valence-electron chi connectivity index (χ4n) is 3.67. The molecule has 2 fully saturated rings. The smallest absolute Gasteiger partial charge is 0.220 e. The van der Waals surface area contributed by atoms with Crippen LogP contribution in [0.1, 0.15) is 25.8 Å². The van der Waals surface area contributed by atoms with Crippen LogP contribution in [0.15, 0.2) is 23.0 Å². The molecule has 2 aliphatic rings. The topological polar surface area (TPSA) is 54.7 Å². The third kappa shape index (κ3) is 3.36. The lowest BCUT2D eigenvalue weighted by Gasteiger charge is -2.27. The Morgan fingerprint density at radius 3 is 3.14 bits per heavy atom. The molecule has 1 N–H and O–H groups in total. The maximum atomic E-state index is 12.0. The Labute approximate surface area is 132 Å². The van der Waals surface area contributed by atoms with Crippen LogP contribution < -0.4 is 5.32 Å². The Bertz CT molecular complexity index is 500. The van der Waals surface area contributed by atoms with Gasteiger partial charge in [0.15, 0.2) is 0 Å². The predicted molar refractivity (Wildman–Crippen MR) is 83.2 cm³/mol. The number of likely N-dealkylation sites (tertiary alicyclic amines) is 1. The Morgan fingerprint density at radius 2 is 2.41 bits per heavy atom. The van der Waals surface area contributed by atoms with E-state index >= 15 is 0 Å². The Hall–Kier alpha value is -1.33. The van der Waals surface area contributed by atoms with E-state index < -0.39 is 0 Å². The van der Waals surface area contributed by atoms with Crippen LogP contribution in [0.4, 0.5) is 0 Å². The van der Waals surface area contributed by atoms with Crippen LogP contribution in [0.2, 0.25) is 0 Å². The molecule has 2 aliphatic heterocycles. The lowest BCUT2D eigenvalue weighted by molar-refractivity contribution is -0.122. The molecule has 5 nitrogen and oxygen atoms in total. The lowest BCUT2D eigenvalue weighted by Crippen LogP contribution is -2.43. The van der Waals surface area contributed by atoms with Gasteiger partial charge in [0, 0.05) is 49.5 Å². The minimum Gasteiger partial charge on any atom is -0.472 e. The van der Waals surface area contributed by atoms with Crippen LogP contribution in [-0.4, -0.2) is 43.7 Å². The van der Waals surface area contributed by atoms with Gasteiger partial charge >= 0.3 is 0 Å². The number of carbonyl (C=O) groups excluding carboxylic acids is 1. The molecule has 3 heterocycles. The van der Waals surface area contributed by atoms with Gasteiger partial charge in [-0.3, -0.25) is 9.69 Å². The van der Waals surface area contributed by atoms with E-state index in [0.717, 1.165) is 39.4 Å². The molecule has 5 heteroatoms. The van der Waals surface area contributed by atoms with Crippen molar-refractivity contribution < 1.29 is 13.9 Å². The van der Waals surface area contributed by atoms with Gasteiger partial charge in [0.1, 0.15) is 0 Å². The molecule has 0 unspecified atom stereocenters. The second kappa shape index (κ2) is 6.42. The summed E-state index contributed by atoms with van der Waals surface area (Å²) < 4.78 is 10.9. The minimum absolute atomic E-state index is 0.0797. The van der Waals surface area contributed by atoms with E-state index in [1.54, 1.807) is 6.26 Å². The number of fused-ring (bicyclic) bond motifs is 1. The predicted octanol–water partition coefficient (Wildman–Crippen LogP) is 1.89. The number of hydrogen-bond donors (Lipinski definition) is 1. The van der Waals surface area contributed by atoms with E-state index in [4.69, 9.17) is 9.15 Å². The number of hydrogen-bond acceptors (Lipinski definition) is 4. The summed E-state index contributed by atoms with van der Waals surface area (Å²) in [5.74, 6) is 1.07. The molecule has 0 saturated carbocycles. The molecule has 0 spiro atoms. The van der Waals surface area contributed by atoms with Crippen molar-refractivity contribution in [2.45, 2.75) is 26.8 Å². The highest BCUT2D eigenvalue weighted by molar-refractivity contribution is 5.76. The fraction of sp³-hybridized carbons (Fsp3) is 0.706. The van der Waals surface area contributed by atoms with E-state index in [-0.39, 0.29) is 11.3 Å². The molecule has 0 aliphatic carbocycles. The van der Waals surface area contributed by atoms with Gasteiger partial charge in [-0.1, -0.05) is 13.8 Å². The van der Waals surface area contributed by atoms with Gasteiger partial charge in [-0.15, -0.1) is 0 Å². The zero-order chi connectivity index (χ0) is 15.6. The summed E-state index contributed by atoms with van der Waals surface area (Å²) in [5.41, 5.74) is 1.29. The molecule has 3 rings (SSSR count). The van der Waals surface area contributed by atoms with Crippen LogP contribution in [0.5, 0.6) is 0 Å². The molecule has 2 atom stereocenters. The number of furan rings is 1. The van der Waals surface area contributed by atoms with Gasteiger partial charge in [-0.05, 0) is 12.0 Å². The van der Waals surface area contributed by atoms with Crippen LogP contribution in [0.25, 0.3) is 0 Å². The Kier molecular flexibility index (Phi) is 4.54. The quantitative estimate of drug-likeness (QED) is 0.872. The molecule has 122 valence electrons. The molecule has 1 aromatic rings. The van der Waals surface area contributed by atoms with Gasteiger partial charge in [0.05, 0.1) is 25.7 Å². The second-order valence-corrected chi connectivity index (χ2v) is 7.25. The molecule has 1 amide bonds. The van der Waals surface area contributed by atoms with Crippen LogP contribution in [-0.2, 0) is 16.1 Å². The average molecular weight is 306 g/mol. The summed E-state index contributed by atoms with van der Waals surface area (Å²) >= 11 is 0. The van der Waals surface area contributed by atoms with Crippen molar-refractivity contribution >= 4 is 5.91 Å². The largest absolute Gasteiger partial charge is 0.472 e. The van der Waals surface area contributed by atoms with Crippen molar-refractivity contribution in [2.24, 2.45) is 17.3 Å². The van der Waals surface area contributed by atoms with Gasteiger partial charge in [0.2, 0.25) is 5.91 Å². The van der Waals surface area contributed by atoms with E-state index in [1.807, 2.05) is 12.3 Å². The van der Waals surface area contributed by atoms with E-state index in [1.165, 1.54) is 5.56 Å². The number of ether oxygens (including phenoxy) is 1. The molecular formula is C17H26N2O3. The van der Waals surface area contributed by atoms with Crippen molar-refractivity contribution in [3.8, 4) is 0 Å². The highest BCUT2D eigenvalue weighted by Crippen LogP contribution is 2.41. The first kappa shape index (κ1) is 15.6. The summed E-state index contributed by atoms with van der Waals surface area (Å²) in [6, 6.07) is 2.02. The molecule has 1 aromatic heterocycles. The zero-order valence-corrected chi connectivity index (χ0v) is 13.5. The van der Waals surface area contributed by atoms with E-state index in [2.05, 4.69) is 24.1 Å². The first-order valence-corrected chi connectivity index (χ1v) is 8.15. The van der Waals surface area contributed by atoms with Gasteiger partial charge in [-0.25, -0.2) is 0 Å². The monoisotopic (exact) mass is 306 g/mol. The number of rotatable bonds is 6. The second-order valence-electron chi connectivity index (χ2n) is 7.25. The van der Waals surface area contributed by atoms with Gasteiger partial charge < -0.3 is 14.5 Å². The maximum Gasteiger partial charge on any atom is 0.220 e. The number of nitrogens with zero attached hydrogens (tertiary/aromatic N) is 1. The standard InChI is InChI=1S/C17H26N2O3/c1-13(2)5-16(20)18-10-17-11-19(6-14-3-4-21-8-14)7-15(17)9-22-12-17/h3-4,8,13,15H,5-7,9-12H2,1-2H3,(H,18,20)/t15-,17+/m1/s1. The number of nitrogens with one attached hydrogen (secondary N) is 1. The molecule has 0 aromatic carbocycles. The summed E-state index contributed by atoms with van der Waals surface area (Å²) in [7, 11) is 0. The fourth-order valence-corrected chi connectivity index (χ4v) is 3.67. The Morgan fingerprint density at radius 1 is 1.55 bits per heavy atom. The highest BCUT2D eigenvalue weighted by Gasteiger charge is 2.50. The van der Waals surface area contributed by atoms with Crippen LogP contribution in [0.3, 0.4) is 0 Å². The van der Waals surface area contributed by atoms with Crippen molar-refractivity contribution in [3.63, 3.8) is 0 Å². The molecule has 2 saturated heterocycles. The third-order valence-corrected chi connectivity index (χ3v) is 4.81. The van der Waals surface area contributed by atoms with E-state index in [9.17, 15) is 4.79 Å². The zero-order valence-electron chi connectivity index (χ0n) is 13.5. The average Bonchev–Trinajstić information content (AvgIpc) is 3.12.